The fourth-order valence-corrected chi connectivity index (χ4v) is 13.5. The first-order valence-electron chi connectivity index (χ1n) is 25.2. The number of rotatable bonds is 6. The summed E-state index contributed by atoms with van der Waals surface area (Å²) in [6.45, 7) is 0. The Morgan fingerprint density at radius 3 is 1.14 bits per heavy atom. The molecular weight excluding hydrogens is 897 g/mol. The highest BCUT2D eigenvalue weighted by atomic mass is 15.1. The van der Waals surface area contributed by atoms with Crippen molar-refractivity contribution < 1.29 is 0 Å². The topological polar surface area (TPSA) is 57.4 Å². The van der Waals surface area contributed by atoms with Crippen LogP contribution < -0.4 is 0 Å². The number of hydrogen-bond acceptors (Lipinski definition) is 2. The van der Waals surface area contributed by atoms with Crippen LogP contribution in [0.5, 0.6) is 0 Å². The predicted octanol–water partition coefficient (Wildman–Crippen LogP) is 16.4. The molecule has 0 saturated carbocycles. The fraction of sp³-hybridized carbons (Fsp3) is 0.0286. The van der Waals surface area contributed by atoms with Gasteiger partial charge in [0.15, 0.2) is 0 Å². The van der Waals surface area contributed by atoms with Crippen molar-refractivity contribution in [1.29, 1.82) is 10.5 Å². The average Bonchev–Trinajstić information content (AvgIpc) is 4.28. The van der Waals surface area contributed by atoms with Crippen LogP contribution in [0.3, 0.4) is 0 Å². The van der Waals surface area contributed by atoms with E-state index < -0.39 is 10.8 Å². The number of nitrogens with zero attached hydrogens (tertiary/aromatic N) is 4. The molecule has 0 fully saturated rings. The molecule has 0 unspecified atom stereocenters. The molecule has 0 aliphatic heterocycles. The standard InChI is InChI=1S/C70H42N4/c71-43-45-37-46(44-72)68(74-64-36-20-16-32-54(64)58-40-62-56(42-66(58)74)52-30-14-18-34-60(52)70(62,49-25-9-3-10-26-49)50-27-11-4-12-28-50)67(38-45)73-63-35-19-15-31-53(63)57-39-61-55(41-65(57)73)51-29-13-17-33-59(51)69(61,47-21-5-1-6-22-47)48-23-7-2-8-24-48/h1-42H. The molecule has 0 saturated heterocycles. The molecule has 74 heavy (non-hydrogen) atoms. The van der Waals surface area contributed by atoms with E-state index in [0.29, 0.717) is 16.8 Å². The molecular formula is C70H42N4. The summed E-state index contributed by atoms with van der Waals surface area (Å²) in [7, 11) is 0. The van der Waals surface area contributed by atoms with E-state index in [1.54, 1.807) is 6.07 Å². The Labute approximate surface area is 428 Å². The zero-order chi connectivity index (χ0) is 49.1. The SMILES string of the molecule is N#Cc1cc(C#N)c(-n2c3ccccc3c3cc4c(cc32)-c2ccccc2C4(c2ccccc2)c2ccccc2)c(-n2c3ccccc3c3cc4c(cc32)-c2ccccc2C4(c2ccccc2)c2ccccc2)c1. The van der Waals surface area contributed by atoms with E-state index in [0.717, 1.165) is 60.4 Å². The molecule has 0 N–H and O–H groups in total. The van der Waals surface area contributed by atoms with E-state index in [2.05, 4.69) is 264 Å². The summed E-state index contributed by atoms with van der Waals surface area (Å²) in [4.78, 5) is 0. The second kappa shape index (κ2) is 15.7. The Balaban J connectivity index is 1.07. The number of fused-ring (bicyclic) bond motifs is 12. The molecule has 0 amide bonds. The molecule has 0 spiro atoms. The first-order chi connectivity index (χ1) is 36.6. The zero-order valence-electron chi connectivity index (χ0n) is 40.0. The minimum atomic E-state index is -0.594. The van der Waals surface area contributed by atoms with Gasteiger partial charge in [0, 0.05) is 21.5 Å². The lowest BCUT2D eigenvalue weighted by molar-refractivity contribution is 0.769. The maximum absolute atomic E-state index is 11.5. The van der Waals surface area contributed by atoms with Crippen molar-refractivity contribution >= 4 is 43.6 Å². The van der Waals surface area contributed by atoms with Crippen LogP contribution in [0.15, 0.2) is 255 Å². The average molecular weight is 939 g/mol. The highest BCUT2D eigenvalue weighted by Crippen LogP contribution is 2.59. The molecule has 0 atom stereocenters. The van der Waals surface area contributed by atoms with Crippen molar-refractivity contribution in [3.05, 3.63) is 310 Å². The lowest BCUT2D eigenvalue weighted by Crippen LogP contribution is -2.28. The molecule has 13 aromatic rings. The van der Waals surface area contributed by atoms with Gasteiger partial charge in [-0.05, 0) is 115 Å². The van der Waals surface area contributed by atoms with Gasteiger partial charge in [-0.3, -0.25) is 0 Å². The summed E-state index contributed by atoms with van der Waals surface area (Å²) in [6, 6.07) is 96.9. The minimum absolute atomic E-state index is 0.412. The fourth-order valence-electron chi connectivity index (χ4n) is 13.5. The minimum Gasteiger partial charge on any atom is -0.307 e. The van der Waals surface area contributed by atoms with Gasteiger partial charge in [-0.15, -0.1) is 0 Å². The summed E-state index contributed by atoms with van der Waals surface area (Å²) >= 11 is 0. The normalized spacial score (nSPS) is 13.6. The number of benzene rings is 11. The highest BCUT2D eigenvalue weighted by Gasteiger charge is 2.48. The summed E-state index contributed by atoms with van der Waals surface area (Å²) in [5.41, 5.74) is 19.4. The Hall–Kier alpha value is -10.0. The van der Waals surface area contributed by atoms with E-state index >= 15 is 0 Å². The van der Waals surface area contributed by atoms with E-state index in [4.69, 9.17) is 0 Å². The van der Waals surface area contributed by atoms with Gasteiger partial charge in [-0.25, -0.2) is 0 Å². The van der Waals surface area contributed by atoms with Crippen molar-refractivity contribution in [2.24, 2.45) is 0 Å². The first-order valence-corrected chi connectivity index (χ1v) is 25.2. The highest BCUT2D eigenvalue weighted by molar-refractivity contribution is 6.14. The molecule has 2 heterocycles. The first kappa shape index (κ1) is 41.8. The molecule has 2 aliphatic carbocycles. The monoisotopic (exact) mass is 938 g/mol. The van der Waals surface area contributed by atoms with Crippen molar-refractivity contribution in [2.45, 2.75) is 10.8 Å². The van der Waals surface area contributed by atoms with Crippen LogP contribution in [0.4, 0.5) is 0 Å². The lowest BCUT2D eigenvalue weighted by Gasteiger charge is -2.34. The van der Waals surface area contributed by atoms with Gasteiger partial charge in [-0.2, -0.15) is 10.5 Å². The van der Waals surface area contributed by atoms with Crippen LogP contribution in [0, 0.1) is 22.7 Å². The van der Waals surface area contributed by atoms with Crippen LogP contribution in [0.25, 0.3) is 77.2 Å². The quantitative estimate of drug-likeness (QED) is 0.167. The Morgan fingerprint density at radius 2 is 0.689 bits per heavy atom. The van der Waals surface area contributed by atoms with Crippen molar-refractivity contribution in [3.8, 4) is 45.8 Å². The molecule has 0 radical (unpaired) electrons. The Kier molecular flexibility index (Phi) is 8.89. The van der Waals surface area contributed by atoms with Crippen LogP contribution in [-0.4, -0.2) is 9.13 Å². The van der Waals surface area contributed by atoms with Gasteiger partial charge in [-0.1, -0.05) is 206 Å². The van der Waals surface area contributed by atoms with E-state index in [-0.39, 0.29) is 0 Å². The Morgan fingerprint density at radius 1 is 0.297 bits per heavy atom. The smallest absolute Gasteiger partial charge is 0.101 e. The number of aromatic nitrogens is 2. The maximum atomic E-state index is 11.5. The largest absolute Gasteiger partial charge is 0.307 e. The van der Waals surface area contributed by atoms with Gasteiger partial charge in [0.1, 0.15) is 6.07 Å². The zero-order valence-corrected chi connectivity index (χ0v) is 40.0. The maximum Gasteiger partial charge on any atom is 0.101 e. The molecule has 0 bridgehead atoms. The van der Waals surface area contributed by atoms with Crippen LogP contribution >= 0.6 is 0 Å². The molecule has 4 nitrogen and oxygen atoms in total. The summed E-state index contributed by atoms with van der Waals surface area (Å²) in [5, 5.41) is 26.6. The van der Waals surface area contributed by atoms with Gasteiger partial charge in [0.25, 0.3) is 0 Å². The summed E-state index contributed by atoms with van der Waals surface area (Å²) in [5.74, 6) is 0. The predicted molar refractivity (Wildman–Crippen MR) is 299 cm³/mol. The lowest BCUT2D eigenvalue weighted by atomic mass is 9.67. The second-order valence-corrected chi connectivity index (χ2v) is 19.7. The summed E-state index contributed by atoms with van der Waals surface area (Å²) in [6.07, 6.45) is 0. The summed E-state index contributed by atoms with van der Waals surface area (Å²) < 4.78 is 4.61. The third kappa shape index (κ3) is 5.44. The third-order valence-corrected chi connectivity index (χ3v) is 16.3. The molecule has 11 aromatic carbocycles. The van der Waals surface area contributed by atoms with Gasteiger partial charge >= 0.3 is 0 Å². The second-order valence-electron chi connectivity index (χ2n) is 19.7. The van der Waals surface area contributed by atoms with Crippen molar-refractivity contribution in [2.75, 3.05) is 0 Å². The van der Waals surface area contributed by atoms with Gasteiger partial charge < -0.3 is 9.13 Å². The van der Waals surface area contributed by atoms with Gasteiger partial charge in [0.2, 0.25) is 0 Å². The van der Waals surface area contributed by atoms with E-state index in [1.165, 1.54) is 55.6 Å². The van der Waals surface area contributed by atoms with E-state index in [1.807, 2.05) is 6.07 Å². The molecule has 2 aromatic heterocycles. The third-order valence-electron chi connectivity index (χ3n) is 16.3. The van der Waals surface area contributed by atoms with Crippen molar-refractivity contribution in [3.63, 3.8) is 0 Å². The molecule has 4 heteroatoms. The van der Waals surface area contributed by atoms with Gasteiger partial charge in [0.05, 0.1) is 61.5 Å². The number of nitriles is 2. The van der Waals surface area contributed by atoms with Crippen LogP contribution in [0.1, 0.15) is 55.6 Å². The molecule has 342 valence electrons. The number of hydrogen-bond donors (Lipinski definition) is 0. The number of para-hydroxylation sites is 2. The molecule has 2 aliphatic rings. The van der Waals surface area contributed by atoms with Crippen molar-refractivity contribution in [1.82, 2.24) is 9.13 Å². The van der Waals surface area contributed by atoms with Crippen LogP contribution in [-0.2, 0) is 10.8 Å². The van der Waals surface area contributed by atoms with Crippen LogP contribution in [0.2, 0.25) is 0 Å². The Bertz CT molecular complexity index is 4470. The molecule has 15 rings (SSSR count). The van der Waals surface area contributed by atoms with E-state index in [9.17, 15) is 10.5 Å².